The van der Waals surface area contributed by atoms with E-state index in [4.69, 9.17) is 4.74 Å². The maximum absolute atomic E-state index is 5.55. The molecule has 4 nitrogen and oxygen atoms in total. The SMILES string of the molecule is CN=C(NCC(C)c1ccsc1)NCC(OC)C(C)(C)C. The number of guanidine groups is 1. The molecule has 0 aliphatic rings. The number of hydrogen-bond donors (Lipinski definition) is 2. The molecule has 21 heavy (non-hydrogen) atoms. The average Bonchev–Trinajstić information content (AvgIpc) is 2.95. The van der Waals surface area contributed by atoms with Gasteiger partial charge in [-0.2, -0.15) is 11.3 Å². The molecule has 120 valence electrons. The van der Waals surface area contributed by atoms with E-state index in [9.17, 15) is 0 Å². The van der Waals surface area contributed by atoms with E-state index in [0.717, 1.165) is 19.0 Å². The number of nitrogens with zero attached hydrogens (tertiary/aromatic N) is 1. The van der Waals surface area contributed by atoms with Crippen molar-refractivity contribution < 1.29 is 4.74 Å². The molecule has 0 saturated carbocycles. The van der Waals surface area contributed by atoms with Gasteiger partial charge >= 0.3 is 0 Å². The highest BCUT2D eigenvalue weighted by atomic mass is 32.1. The lowest BCUT2D eigenvalue weighted by atomic mass is 9.89. The summed E-state index contributed by atoms with van der Waals surface area (Å²) in [6.45, 7) is 10.4. The van der Waals surface area contributed by atoms with Gasteiger partial charge in [-0.3, -0.25) is 4.99 Å². The molecule has 5 heteroatoms. The molecule has 1 heterocycles. The van der Waals surface area contributed by atoms with Crippen molar-refractivity contribution in [2.75, 3.05) is 27.2 Å². The summed E-state index contributed by atoms with van der Waals surface area (Å²) >= 11 is 1.74. The number of methoxy groups -OCH3 is 1. The molecule has 0 saturated heterocycles. The van der Waals surface area contributed by atoms with Crippen molar-refractivity contribution in [1.29, 1.82) is 0 Å². The van der Waals surface area contributed by atoms with Gasteiger partial charge in [0.25, 0.3) is 0 Å². The van der Waals surface area contributed by atoms with Gasteiger partial charge in [0.2, 0.25) is 0 Å². The molecule has 1 aromatic heterocycles. The summed E-state index contributed by atoms with van der Waals surface area (Å²) in [5.41, 5.74) is 1.47. The first-order valence-electron chi connectivity index (χ1n) is 7.38. The predicted octanol–water partition coefficient (Wildman–Crippen LogP) is 3.08. The van der Waals surface area contributed by atoms with Gasteiger partial charge in [-0.05, 0) is 33.7 Å². The molecule has 2 unspecified atom stereocenters. The van der Waals surface area contributed by atoms with E-state index in [1.54, 1.807) is 25.5 Å². The van der Waals surface area contributed by atoms with Crippen molar-refractivity contribution in [3.8, 4) is 0 Å². The van der Waals surface area contributed by atoms with Gasteiger partial charge in [0.15, 0.2) is 5.96 Å². The Bertz CT molecular complexity index is 423. The van der Waals surface area contributed by atoms with E-state index in [1.807, 2.05) is 0 Å². The van der Waals surface area contributed by atoms with Crippen molar-refractivity contribution in [3.63, 3.8) is 0 Å². The molecule has 0 aromatic carbocycles. The minimum absolute atomic E-state index is 0.102. The Balaban J connectivity index is 2.42. The molecular weight excluding hydrogens is 282 g/mol. The van der Waals surface area contributed by atoms with Gasteiger partial charge in [-0.1, -0.05) is 27.7 Å². The Labute approximate surface area is 133 Å². The maximum atomic E-state index is 5.55. The minimum atomic E-state index is 0.102. The first kappa shape index (κ1) is 18.0. The Morgan fingerprint density at radius 2 is 2.00 bits per heavy atom. The van der Waals surface area contributed by atoms with Crippen LogP contribution < -0.4 is 10.6 Å². The monoisotopic (exact) mass is 311 g/mol. The molecule has 0 aliphatic carbocycles. The zero-order valence-corrected chi connectivity index (χ0v) is 14.9. The third-order valence-electron chi connectivity index (χ3n) is 3.62. The van der Waals surface area contributed by atoms with E-state index in [0.29, 0.717) is 5.92 Å². The molecule has 2 atom stereocenters. The van der Waals surface area contributed by atoms with Crippen LogP contribution in [0.1, 0.15) is 39.2 Å². The van der Waals surface area contributed by atoms with Gasteiger partial charge in [0.05, 0.1) is 6.10 Å². The number of hydrogen-bond acceptors (Lipinski definition) is 3. The lowest BCUT2D eigenvalue weighted by Gasteiger charge is -2.30. The van der Waals surface area contributed by atoms with Crippen molar-refractivity contribution in [2.24, 2.45) is 10.4 Å². The number of rotatable bonds is 6. The van der Waals surface area contributed by atoms with Crippen LogP contribution in [0.15, 0.2) is 21.8 Å². The Morgan fingerprint density at radius 3 is 2.48 bits per heavy atom. The van der Waals surface area contributed by atoms with Gasteiger partial charge in [0, 0.05) is 27.2 Å². The van der Waals surface area contributed by atoms with Crippen LogP contribution in [0, 0.1) is 5.41 Å². The number of nitrogens with one attached hydrogen (secondary N) is 2. The Hall–Kier alpha value is -1.07. The van der Waals surface area contributed by atoms with Crippen molar-refractivity contribution in [3.05, 3.63) is 22.4 Å². The van der Waals surface area contributed by atoms with Gasteiger partial charge < -0.3 is 15.4 Å². The quantitative estimate of drug-likeness (QED) is 0.627. The average molecular weight is 311 g/mol. The molecule has 0 spiro atoms. The fourth-order valence-electron chi connectivity index (χ4n) is 2.08. The molecule has 0 radical (unpaired) electrons. The van der Waals surface area contributed by atoms with Crippen LogP contribution in [-0.4, -0.2) is 39.3 Å². The van der Waals surface area contributed by atoms with E-state index in [-0.39, 0.29) is 11.5 Å². The van der Waals surface area contributed by atoms with Crippen LogP contribution >= 0.6 is 11.3 Å². The fourth-order valence-corrected chi connectivity index (χ4v) is 2.86. The summed E-state index contributed by atoms with van der Waals surface area (Å²) in [4.78, 5) is 4.27. The highest BCUT2D eigenvalue weighted by Gasteiger charge is 2.24. The van der Waals surface area contributed by atoms with Crippen molar-refractivity contribution in [2.45, 2.75) is 39.7 Å². The summed E-state index contributed by atoms with van der Waals surface area (Å²) in [6.07, 6.45) is 0.144. The second-order valence-electron chi connectivity index (χ2n) is 6.38. The second-order valence-corrected chi connectivity index (χ2v) is 7.16. The summed E-state index contributed by atoms with van der Waals surface area (Å²) in [5, 5.41) is 11.0. The number of thiophene rings is 1. The zero-order chi connectivity index (χ0) is 15.9. The lowest BCUT2D eigenvalue weighted by Crippen LogP contribution is -2.46. The smallest absolute Gasteiger partial charge is 0.191 e. The second kappa shape index (κ2) is 8.39. The van der Waals surface area contributed by atoms with Crippen LogP contribution in [0.25, 0.3) is 0 Å². The van der Waals surface area contributed by atoms with E-state index in [1.165, 1.54) is 5.56 Å². The van der Waals surface area contributed by atoms with Crippen LogP contribution in [0.5, 0.6) is 0 Å². The highest BCUT2D eigenvalue weighted by molar-refractivity contribution is 7.07. The van der Waals surface area contributed by atoms with Crippen molar-refractivity contribution >= 4 is 17.3 Å². The first-order valence-corrected chi connectivity index (χ1v) is 8.32. The van der Waals surface area contributed by atoms with E-state index < -0.39 is 0 Å². The Kier molecular flexibility index (Phi) is 7.18. The predicted molar refractivity (Wildman–Crippen MR) is 92.4 cm³/mol. The third-order valence-corrected chi connectivity index (χ3v) is 4.32. The lowest BCUT2D eigenvalue weighted by molar-refractivity contribution is 0.0205. The van der Waals surface area contributed by atoms with Gasteiger partial charge in [-0.15, -0.1) is 0 Å². The fraction of sp³-hybridized carbons (Fsp3) is 0.688. The third kappa shape index (κ3) is 6.06. The minimum Gasteiger partial charge on any atom is -0.379 e. The topological polar surface area (TPSA) is 45.7 Å². The standard InChI is InChI=1S/C16H29N3OS/c1-12(13-7-8-21-11-13)9-18-15(17-5)19-10-14(20-6)16(2,3)4/h7-8,11-12,14H,9-10H2,1-6H3,(H2,17,18,19). The van der Waals surface area contributed by atoms with Crippen LogP contribution in [0.3, 0.4) is 0 Å². The molecule has 0 aliphatic heterocycles. The number of aliphatic imine (C=N–C) groups is 1. The number of ether oxygens (including phenoxy) is 1. The zero-order valence-electron chi connectivity index (χ0n) is 14.1. The molecule has 1 rings (SSSR count). The Morgan fingerprint density at radius 1 is 1.33 bits per heavy atom. The summed E-state index contributed by atoms with van der Waals surface area (Å²) in [5.74, 6) is 1.29. The molecule has 0 fully saturated rings. The summed E-state index contributed by atoms with van der Waals surface area (Å²) < 4.78 is 5.55. The highest BCUT2D eigenvalue weighted by Crippen LogP contribution is 2.21. The normalized spacial score (nSPS) is 15.6. The molecule has 0 bridgehead atoms. The molecule has 2 N–H and O–H groups in total. The van der Waals surface area contributed by atoms with Crippen LogP contribution in [0.2, 0.25) is 0 Å². The van der Waals surface area contributed by atoms with Crippen molar-refractivity contribution in [1.82, 2.24) is 10.6 Å². The van der Waals surface area contributed by atoms with E-state index in [2.05, 4.69) is 60.1 Å². The largest absolute Gasteiger partial charge is 0.379 e. The molecule has 1 aromatic rings. The molecular formula is C16H29N3OS. The van der Waals surface area contributed by atoms with E-state index >= 15 is 0 Å². The molecule has 0 amide bonds. The van der Waals surface area contributed by atoms with Crippen LogP contribution in [0.4, 0.5) is 0 Å². The van der Waals surface area contributed by atoms with Crippen LogP contribution in [-0.2, 0) is 4.74 Å². The first-order chi connectivity index (χ1) is 9.88. The maximum Gasteiger partial charge on any atom is 0.191 e. The van der Waals surface area contributed by atoms with Gasteiger partial charge in [0.1, 0.15) is 0 Å². The summed E-state index contributed by atoms with van der Waals surface area (Å²) in [6, 6.07) is 2.17. The van der Waals surface area contributed by atoms with Gasteiger partial charge in [-0.25, -0.2) is 0 Å². The summed E-state index contributed by atoms with van der Waals surface area (Å²) in [7, 11) is 3.55.